The zero-order chi connectivity index (χ0) is 21.0. The van der Waals surface area contributed by atoms with Crippen LogP contribution in [0.1, 0.15) is 32.3 Å². The third-order valence-electron chi connectivity index (χ3n) is 5.35. The minimum absolute atomic E-state index is 0.0572. The molecule has 2 saturated heterocycles. The Balaban J connectivity index is 1.62. The van der Waals surface area contributed by atoms with E-state index in [0.717, 1.165) is 5.56 Å². The van der Waals surface area contributed by atoms with Crippen molar-refractivity contribution in [2.75, 3.05) is 20.8 Å². The lowest BCUT2D eigenvalue weighted by molar-refractivity contribution is -0.228. The van der Waals surface area contributed by atoms with Gasteiger partial charge in [-0.2, -0.15) is 0 Å². The summed E-state index contributed by atoms with van der Waals surface area (Å²) >= 11 is 0. The first-order chi connectivity index (χ1) is 13.8. The SMILES string of the molecule is CO[C@@H]1O[C@H](C[C@H](CCO)N(C)C(=O)OCc2ccccc2)C2OC(C)(C)O[C@@H]21. The molecule has 2 aliphatic heterocycles. The molecule has 162 valence electrons. The number of aliphatic hydroxyl groups is 1. The van der Waals surface area contributed by atoms with Gasteiger partial charge < -0.3 is 33.7 Å². The molecule has 2 fully saturated rings. The lowest BCUT2D eigenvalue weighted by atomic mass is 10.0. The molecule has 0 aliphatic carbocycles. The third-order valence-corrected chi connectivity index (χ3v) is 5.35. The van der Waals surface area contributed by atoms with E-state index < -0.39 is 18.2 Å². The Morgan fingerprint density at radius 2 is 1.93 bits per heavy atom. The highest BCUT2D eigenvalue weighted by molar-refractivity contribution is 5.67. The van der Waals surface area contributed by atoms with Gasteiger partial charge in [-0.05, 0) is 32.3 Å². The average Bonchev–Trinajstić information content (AvgIpc) is 3.19. The molecule has 8 heteroatoms. The molecule has 8 nitrogen and oxygen atoms in total. The van der Waals surface area contributed by atoms with Crippen molar-refractivity contribution in [2.45, 2.75) is 69.7 Å². The van der Waals surface area contributed by atoms with Crippen molar-refractivity contribution in [3.05, 3.63) is 35.9 Å². The van der Waals surface area contributed by atoms with E-state index >= 15 is 0 Å². The van der Waals surface area contributed by atoms with E-state index in [9.17, 15) is 9.90 Å². The van der Waals surface area contributed by atoms with Crippen LogP contribution in [0.2, 0.25) is 0 Å². The molecule has 1 aromatic rings. The first-order valence-corrected chi connectivity index (χ1v) is 9.93. The minimum atomic E-state index is -0.721. The molecule has 0 spiro atoms. The van der Waals surface area contributed by atoms with Crippen LogP contribution in [0.15, 0.2) is 30.3 Å². The van der Waals surface area contributed by atoms with E-state index in [1.54, 1.807) is 14.2 Å². The van der Waals surface area contributed by atoms with Crippen LogP contribution in [0.25, 0.3) is 0 Å². The number of aliphatic hydroxyl groups excluding tert-OH is 1. The first kappa shape index (κ1) is 22.0. The van der Waals surface area contributed by atoms with E-state index in [0.29, 0.717) is 12.8 Å². The standard InChI is InChI=1S/C21H31NO7/c1-21(2)28-17-16(27-19(25-4)18(17)29-21)12-15(10-11-23)22(3)20(24)26-13-14-8-6-5-7-9-14/h5-9,15-19,23H,10-13H2,1-4H3/t15-,16+,17?,18-,19+/m0/s1. The van der Waals surface area contributed by atoms with Crippen LogP contribution in [-0.2, 0) is 30.3 Å². The van der Waals surface area contributed by atoms with Gasteiger partial charge in [-0.1, -0.05) is 30.3 Å². The van der Waals surface area contributed by atoms with Crippen LogP contribution in [0, 0.1) is 0 Å². The maximum Gasteiger partial charge on any atom is 0.410 e. The number of hydrogen-bond acceptors (Lipinski definition) is 7. The summed E-state index contributed by atoms with van der Waals surface area (Å²) in [4.78, 5) is 14.1. The number of nitrogens with zero attached hydrogens (tertiary/aromatic N) is 1. The van der Waals surface area contributed by atoms with Gasteiger partial charge in [0.2, 0.25) is 0 Å². The molecular weight excluding hydrogens is 378 g/mol. The fraction of sp³-hybridized carbons (Fsp3) is 0.667. The summed E-state index contributed by atoms with van der Waals surface area (Å²) in [5, 5.41) is 9.52. The molecule has 1 unspecified atom stereocenters. The molecule has 1 amide bonds. The van der Waals surface area contributed by atoms with Crippen LogP contribution in [0.5, 0.6) is 0 Å². The van der Waals surface area contributed by atoms with Crippen LogP contribution in [0.3, 0.4) is 0 Å². The van der Waals surface area contributed by atoms with Gasteiger partial charge in [0, 0.05) is 26.8 Å². The van der Waals surface area contributed by atoms with E-state index in [2.05, 4.69) is 0 Å². The Morgan fingerprint density at radius 3 is 2.59 bits per heavy atom. The van der Waals surface area contributed by atoms with E-state index in [1.165, 1.54) is 4.90 Å². The lowest BCUT2D eigenvalue weighted by Crippen LogP contribution is -2.42. The molecule has 0 bridgehead atoms. The fourth-order valence-electron chi connectivity index (χ4n) is 3.88. The molecule has 1 N–H and O–H groups in total. The highest BCUT2D eigenvalue weighted by Crippen LogP contribution is 2.40. The molecule has 0 saturated carbocycles. The summed E-state index contributed by atoms with van der Waals surface area (Å²) in [5.74, 6) is -0.721. The summed E-state index contributed by atoms with van der Waals surface area (Å²) < 4.78 is 28.7. The highest BCUT2D eigenvalue weighted by atomic mass is 16.8. The van der Waals surface area contributed by atoms with Crippen LogP contribution >= 0.6 is 0 Å². The van der Waals surface area contributed by atoms with E-state index in [4.69, 9.17) is 23.7 Å². The maximum atomic E-state index is 12.6. The molecule has 2 heterocycles. The Kier molecular flexibility index (Phi) is 7.13. The van der Waals surface area contributed by atoms with E-state index in [-0.39, 0.29) is 37.6 Å². The normalized spacial score (nSPS) is 28.7. The molecule has 1 aromatic carbocycles. The summed E-state index contributed by atoms with van der Waals surface area (Å²) in [5.41, 5.74) is 0.914. The zero-order valence-electron chi connectivity index (χ0n) is 17.4. The van der Waals surface area contributed by atoms with Crippen molar-refractivity contribution in [1.29, 1.82) is 0 Å². The second-order valence-corrected chi connectivity index (χ2v) is 7.90. The van der Waals surface area contributed by atoms with Crippen molar-refractivity contribution >= 4 is 6.09 Å². The number of ether oxygens (including phenoxy) is 5. The Morgan fingerprint density at radius 1 is 1.24 bits per heavy atom. The number of benzene rings is 1. The second-order valence-electron chi connectivity index (χ2n) is 7.90. The van der Waals surface area contributed by atoms with Crippen LogP contribution in [0.4, 0.5) is 4.79 Å². The average molecular weight is 409 g/mol. The minimum Gasteiger partial charge on any atom is -0.445 e. The Bertz CT molecular complexity index is 668. The predicted molar refractivity (Wildman–Crippen MR) is 104 cm³/mol. The van der Waals surface area contributed by atoms with Crippen molar-refractivity contribution in [3.63, 3.8) is 0 Å². The molecule has 29 heavy (non-hydrogen) atoms. The largest absolute Gasteiger partial charge is 0.445 e. The summed E-state index contributed by atoms with van der Waals surface area (Å²) in [6, 6.07) is 9.22. The second kappa shape index (κ2) is 9.40. The molecule has 2 aliphatic rings. The lowest BCUT2D eigenvalue weighted by Gasteiger charge is -2.31. The Labute approximate surface area is 171 Å². The van der Waals surface area contributed by atoms with Gasteiger partial charge in [0.05, 0.1) is 6.10 Å². The number of carbonyl (C=O) groups excluding carboxylic acids is 1. The number of hydrogen-bond donors (Lipinski definition) is 1. The Hall–Kier alpha value is -1.71. The zero-order valence-corrected chi connectivity index (χ0v) is 17.4. The molecule has 0 radical (unpaired) electrons. The van der Waals surface area contributed by atoms with Gasteiger partial charge in [0.1, 0.15) is 18.8 Å². The third kappa shape index (κ3) is 5.26. The van der Waals surface area contributed by atoms with E-state index in [1.807, 2.05) is 44.2 Å². The van der Waals surface area contributed by atoms with Crippen molar-refractivity contribution in [1.82, 2.24) is 4.90 Å². The topological polar surface area (TPSA) is 86.7 Å². The van der Waals surface area contributed by atoms with Crippen LogP contribution in [-0.4, -0.2) is 73.3 Å². The molecular formula is C21H31NO7. The number of rotatable bonds is 8. The van der Waals surface area contributed by atoms with Gasteiger partial charge in [0.15, 0.2) is 12.1 Å². The molecule has 3 rings (SSSR count). The van der Waals surface area contributed by atoms with Gasteiger partial charge in [-0.3, -0.25) is 0 Å². The van der Waals surface area contributed by atoms with Crippen molar-refractivity contribution < 1.29 is 33.6 Å². The summed E-state index contributed by atoms with van der Waals surface area (Å²) in [6.07, 6.45) is -1.07. The van der Waals surface area contributed by atoms with Gasteiger partial charge in [0.25, 0.3) is 0 Å². The first-order valence-electron chi connectivity index (χ1n) is 9.93. The van der Waals surface area contributed by atoms with Gasteiger partial charge in [-0.25, -0.2) is 4.79 Å². The quantitative estimate of drug-likeness (QED) is 0.705. The number of methoxy groups -OCH3 is 1. The van der Waals surface area contributed by atoms with Crippen molar-refractivity contribution in [3.8, 4) is 0 Å². The summed E-state index contributed by atoms with van der Waals surface area (Å²) in [6.45, 7) is 3.84. The smallest absolute Gasteiger partial charge is 0.410 e. The van der Waals surface area contributed by atoms with Crippen LogP contribution < -0.4 is 0 Å². The maximum absolute atomic E-state index is 12.6. The van der Waals surface area contributed by atoms with Gasteiger partial charge in [-0.15, -0.1) is 0 Å². The summed E-state index contributed by atoms with van der Waals surface area (Å²) in [7, 11) is 3.24. The number of fused-ring (bicyclic) bond motifs is 1. The van der Waals surface area contributed by atoms with Gasteiger partial charge >= 0.3 is 6.09 Å². The highest BCUT2D eigenvalue weighted by Gasteiger charge is 2.55. The predicted octanol–water partition coefficient (Wildman–Crippen LogP) is 2.29. The molecule has 0 aromatic heterocycles. The number of amides is 1. The van der Waals surface area contributed by atoms with Crippen molar-refractivity contribution in [2.24, 2.45) is 0 Å². The molecule has 5 atom stereocenters. The number of carbonyl (C=O) groups is 1. The monoisotopic (exact) mass is 409 g/mol. The fourth-order valence-corrected chi connectivity index (χ4v) is 3.88.